The van der Waals surface area contributed by atoms with Crippen LogP contribution in [0.15, 0.2) is 53.6 Å². The fourth-order valence-corrected chi connectivity index (χ4v) is 5.47. The smallest absolute Gasteiger partial charge is 0.243 e. The molecule has 0 unspecified atom stereocenters. The Balaban J connectivity index is 1.60. The molecule has 0 spiro atoms. The van der Waals surface area contributed by atoms with E-state index in [0.29, 0.717) is 53.4 Å². The molecule has 11 nitrogen and oxygen atoms in total. The first-order valence-corrected chi connectivity index (χ1v) is 15.1. The quantitative estimate of drug-likeness (QED) is 0.0867. The summed E-state index contributed by atoms with van der Waals surface area (Å²) < 4.78 is 34.0. The standard InChI is InChI=1S/C28H37ClN6O5S/c1-19-18-30-27(33-26(19)31-20-10-9-11-22(16-20)41(38,39)35-28(2,3)4)32-21-13-14-24(23(29)17-21)40-15-8-6-5-7-12-25(36)34-37/h9-11,13-14,16-18,35,37H,5-8,12,15H2,1-4H3,(H,34,36)(H2,30,31,32,33). The monoisotopic (exact) mass is 604 g/mol. The van der Waals surface area contributed by atoms with Gasteiger partial charge in [-0.05, 0) is 76.9 Å². The van der Waals surface area contributed by atoms with Crippen molar-refractivity contribution in [1.82, 2.24) is 20.2 Å². The molecular weight excluding hydrogens is 568 g/mol. The number of ether oxygens (including phenoxy) is 1. The van der Waals surface area contributed by atoms with E-state index in [-0.39, 0.29) is 10.8 Å². The molecule has 0 radical (unpaired) electrons. The largest absolute Gasteiger partial charge is 0.492 e. The van der Waals surface area contributed by atoms with E-state index in [1.54, 1.807) is 68.8 Å². The van der Waals surface area contributed by atoms with Crippen LogP contribution in [0, 0.1) is 6.92 Å². The van der Waals surface area contributed by atoms with Gasteiger partial charge in [-0.25, -0.2) is 23.6 Å². The molecule has 0 saturated heterocycles. The van der Waals surface area contributed by atoms with Crippen molar-refractivity contribution < 1.29 is 23.2 Å². The first-order chi connectivity index (χ1) is 19.4. The minimum Gasteiger partial charge on any atom is -0.492 e. The second kappa shape index (κ2) is 14.4. The van der Waals surface area contributed by atoms with Gasteiger partial charge in [-0.3, -0.25) is 10.0 Å². The van der Waals surface area contributed by atoms with Gasteiger partial charge in [0.05, 0.1) is 16.5 Å². The van der Waals surface area contributed by atoms with Gasteiger partial charge in [-0.15, -0.1) is 0 Å². The summed E-state index contributed by atoms with van der Waals surface area (Å²) in [5.41, 5.74) is 3.02. The Kier molecular flexibility index (Phi) is 11.3. The highest BCUT2D eigenvalue weighted by atomic mass is 35.5. The number of carbonyl (C=O) groups excluding carboxylic acids is 1. The predicted octanol–water partition coefficient (Wildman–Crippen LogP) is 5.84. The van der Waals surface area contributed by atoms with Crippen LogP contribution in [0.5, 0.6) is 5.75 Å². The number of halogens is 1. The van der Waals surface area contributed by atoms with E-state index < -0.39 is 15.6 Å². The molecule has 0 aliphatic heterocycles. The second-order valence-corrected chi connectivity index (χ2v) is 12.6. The number of nitrogens with zero attached hydrogens (tertiary/aromatic N) is 2. The number of amides is 1. The fourth-order valence-electron chi connectivity index (χ4n) is 3.77. The first kappa shape index (κ1) is 32.1. The normalized spacial score (nSPS) is 11.7. The number of benzene rings is 2. The average molecular weight is 605 g/mol. The molecular formula is C28H37ClN6O5S. The van der Waals surface area contributed by atoms with E-state index in [4.69, 9.17) is 21.5 Å². The number of unbranched alkanes of at least 4 members (excludes halogenated alkanes) is 3. The third-order valence-corrected chi connectivity index (χ3v) is 7.74. The summed E-state index contributed by atoms with van der Waals surface area (Å²) in [5, 5.41) is 15.2. The van der Waals surface area contributed by atoms with Crippen LogP contribution in [0.25, 0.3) is 0 Å². The molecule has 41 heavy (non-hydrogen) atoms. The molecule has 3 aromatic rings. The van der Waals surface area contributed by atoms with Crippen LogP contribution >= 0.6 is 11.6 Å². The molecule has 3 rings (SSSR count). The molecule has 0 aliphatic carbocycles. The second-order valence-electron chi connectivity index (χ2n) is 10.6. The van der Waals surface area contributed by atoms with Gasteiger partial charge in [0.25, 0.3) is 0 Å². The van der Waals surface area contributed by atoms with Crippen LogP contribution in [-0.4, -0.2) is 41.6 Å². The molecule has 1 aromatic heterocycles. The van der Waals surface area contributed by atoms with Crippen LogP contribution < -0.4 is 25.6 Å². The number of carbonyl (C=O) groups is 1. The van der Waals surface area contributed by atoms with Crippen LogP contribution in [0.2, 0.25) is 5.02 Å². The number of aromatic nitrogens is 2. The maximum atomic E-state index is 12.8. The summed E-state index contributed by atoms with van der Waals surface area (Å²) in [5.74, 6) is 1.03. The lowest BCUT2D eigenvalue weighted by Gasteiger charge is -2.20. The number of aryl methyl sites for hydroxylation is 1. The van der Waals surface area contributed by atoms with Crippen molar-refractivity contribution in [1.29, 1.82) is 0 Å². The minimum atomic E-state index is -3.69. The summed E-state index contributed by atoms with van der Waals surface area (Å²) in [6, 6.07) is 11.8. The number of hydrogen-bond acceptors (Lipinski definition) is 9. The van der Waals surface area contributed by atoms with Crippen LogP contribution in [-0.2, 0) is 14.8 Å². The fraction of sp³-hybridized carbons (Fsp3) is 0.393. The van der Waals surface area contributed by atoms with E-state index in [1.165, 1.54) is 0 Å². The van der Waals surface area contributed by atoms with Crippen molar-refractivity contribution in [2.24, 2.45) is 0 Å². The maximum Gasteiger partial charge on any atom is 0.243 e. The van der Waals surface area contributed by atoms with Crippen molar-refractivity contribution in [3.8, 4) is 5.75 Å². The number of nitrogens with one attached hydrogen (secondary N) is 4. The Bertz CT molecular complexity index is 1450. The summed E-state index contributed by atoms with van der Waals surface area (Å²) in [6.45, 7) is 7.70. The van der Waals surface area contributed by atoms with E-state index in [0.717, 1.165) is 24.8 Å². The number of sulfonamides is 1. The lowest BCUT2D eigenvalue weighted by Crippen LogP contribution is -2.40. The molecule has 222 valence electrons. The highest BCUT2D eigenvalue weighted by Crippen LogP contribution is 2.30. The Labute approximate surface area is 246 Å². The minimum absolute atomic E-state index is 0.145. The third-order valence-electron chi connectivity index (χ3n) is 5.69. The zero-order valence-electron chi connectivity index (χ0n) is 23.6. The van der Waals surface area contributed by atoms with E-state index in [2.05, 4.69) is 25.3 Å². The van der Waals surface area contributed by atoms with E-state index in [1.807, 2.05) is 13.0 Å². The molecule has 13 heteroatoms. The van der Waals surface area contributed by atoms with Crippen molar-refractivity contribution in [2.45, 2.75) is 70.2 Å². The Morgan fingerprint density at radius 2 is 1.76 bits per heavy atom. The SMILES string of the molecule is Cc1cnc(Nc2ccc(OCCCCCCC(=O)NO)c(Cl)c2)nc1Nc1cccc(S(=O)(=O)NC(C)(C)C)c1. The molecule has 1 amide bonds. The van der Waals surface area contributed by atoms with Crippen molar-refractivity contribution in [2.75, 3.05) is 17.2 Å². The molecule has 0 bridgehead atoms. The van der Waals surface area contributed by atoms with Gasteiger partial charge in [0, 0.05) is 35.1 Å². The van der Waals surface area contributed by atoms with Gasteiger partial charge in [0.15, 0.2) is 0 Å². The highest BCUT2D eigenvalue weighted by Gasteiger charge is 2.22. The summed E-state index contributed by atoms with van der Waals surface area (Å²) in [6.07, 6.45) is 5.23. The topological polar surface area (TPSA) is 155 Å². The van der Waals surface area contributed by atoms with E-state index in [9.17, 15) is 13.2 Å². The van der Waals surface area contributed by atoms with Crippen molar-refractivity contribution >= 4 is 50.7 Å². The molecule has 5 N–H and O–H groups in total. The zero-order valence-corrected chi connectivity index (χ0v) is 25.2. The highest BCUT2D eigenvalue weighted by molar-refractivity contribution is 7.89. The third kappa shape index (κ3) is 10.5. The molecule has 2 aromatic carbocycles. The lowest BCUT2D eigenvalue weighted by molar-refractivity contribution is -0.129. The van der Waals surface area contributed by atoms with Crippen LogP contribution in [0.1, 0.15) is 58.4 Å². The number of hydroxylamine groups is 1. The molecule has 0 saturated carbocycles. The summed E-state index contributed by atoms with van der Waals surface area (Å²) in [4.78, 5) is 20.1. The number of hydrogen-bond donors (Lipinski definition) is 5. The van der Waals surface area contributed by atoms with Gasteiger partial charge in [0.2, 0.25) is 21.9 Å². The Morgan fingerprint density at radius 1 is 1.02 bits per heavy atom. The van der Waals surface area contributed by atoms with Gasteiger partial charge < -0.3 is 15.4 Å². The average Bonchev–Trinajstić information content (AvgIpc) is 2.90. The predicted molar refractivity (Wildman–Crippen MR) is 160 cm³/mol. The van der Waals surface area contributed by atoms with Crippen molar-refractivity contribution in [3.05, 3.63) is 59.2 Å². The summed E-state index contributed by atoms with van der Waals surface area (Å²) in [7, 11) is -3.69. The maximum absolute atomic E-state index is 12.8. The molecule has 1 heterocycles. The van der Waals surface area contributed by atoms with Gasteiger partial charge >= 0.3 is 0 Å². The Morgan fingerprint density at radius 3 is 2.46 bits per heavy atom. The molecule has 0 fully saturated rings. The van der Waals surface area contributed by atoms with Gasteiger partial charge in [0.1, 0.15) is 11.6 Å². The first-order valence-electron chi connectivity index (χ1n) is 13.2. The van der Waals surface area contributed by atoms with Crippen LogP contribution in [0.4, 0.5) is 23.1 Å². The number of rotatable bonds is 14. The van der Waals surface area contributed by atoms with Crippen LogP contribution in [0.3, 0.4) is 0 Å². The zero-order chi connectivity index (χ0) is 30.0. The van der Waals surface area contributed by atoms with Gasteiger partial charge in [-0.2, -0.15) is 4.98 Å². The van der Waals surface area contributed by atoms with Gasteiger partial charge in [-0.1, -0.05) is 30.5 Å². The molecule has 0 aliphatic rings. The van der Waals surface area contributed by atoms with Crippen molar-refractivity contribution in [3.63, 3.8) is 0 Å². The molecule has 0 atom stereocenters. The summed E-state index contributed by atoms with van der Waals surface area (Å²) >= 11 is 6.42. The van der Waals surface area contributed by atoms with E-state index >= 15 is 0 Å². The Hall–Kier alpha value is -3.45. The lowest BCUT2D eigenvalue weighted by atomic mass is 10.1. The number of anilines is 4.